The number of hydrogen-bond donors (Lipinski definition) is 2. The van der Waals surface area contributed by atoms with Gasteiger partial charge in [0.25, 0.3) is 0 Å². The third-order valence-corrected chi connectivity index (χ3v) is 3.97. The number of aromatic nitrogens is 1. The SMILES string of the molecule is COC(=O)CS(=O)(=O)Nc1snc(C)c1C(=O)O. The molecule has 1 rings (SSSR count). The summed E-state index contributed by atoms with van der Waals surface area (Å²) < 4.78 is 33.0. The molecule has 0 atom stereocenters. The minimum Gasteiger partial charge on any atom is -0.478 e. The summed E-state index contributed by atoms with van der Waals surface area (Å²) in [5.74, 6) is -3.13. The maximum absolute atomic E-state index is 11.5. The van der Waals surface area contributed by atoms with Gasteiger partial charge in [0, 0.05) is 0 Å². The van der Waals surface area contributed by atoms with Crippen LogP contribution in [0.3, 0.4) is 0 Å². The van der Waals surface area contributed by atoms with Crippen molar-refractivity contribution < 1.29 is 27.9 Å². The molecule has 0 aliphatic heterocycles. The summed E-state index contributed by atoms with van der Waals surface area (Å²) in [6.07, 6.45) is 0. The van der Waals surface area contributed by atoms with Gasteiger partial charge in [-0.3, -0.25) is 9.52 Å². The topological polar surface area (TPSA) is 123 Å². The van der Waals surface area contributed by atoms with Crippen LogP contribution in [0.25, 0.3) is 0 Å². The predicted molar refractivity (Wildman–Crippen MR) is 63.2 cm³/mol. The Hall–Kier alpha value is -1.68. The quantitative estimate of drug-likeness (QED) is 0.736. The first-order valence-corrected chi connectivity index (χ1v) is 6.96. The number of carboxylic acids is 1. The highest BCUT2D eigenvalue weighted by Gasteiger charge is 2.23. The number of sulfonamides is 1. The Kier molecular flexibility index (Phi) is 4.24. The van der Waals surface area contributed by atoms with Gasteiger partial charge in [-0.2, -0.15) is 4.37 Å². The Bertz CT molecular complexity index is 576. The maximum atomic E-state index is 11.5. The Balaban J connectivity index is 2.98. The Morgan fingerprint density at radius 1 is 1.50 bits per heavy atom. The molecule has 0 aromatic carbocycles. The number of hydrogen-bond acceptors (Lipinski definition) is 7. The molecule has 1 aromatic heterocycles. The second-order valence-corrected chi connectivity index (χ2v) is 5.71. The van der Waals surface area contributed by atoms with Gasteiger partial charge in [0.2, 0.25) is 10.0 Å². The summed E-state index contributed by atoms with van der Waals surface area (Å²) in [4.78, 5) is 21.8. The van der Waals surface area contributed by atoms with E-state index in [-0.39, 0.29) is 16.3 Å². The Morgan fingerprint density at radius 3 is 2.61 bits per heavy atom. The van der Waals surface area contributed by atoms with Gasteiger partial charge in [0.05, 0.1) is 12.8 Å². The molecular weight excluding hydrogens is 284 g/mol. The Morgan fingerprint density at radius 2 is 2.11 bits per heavy atom. The van der Waals surface area contributed by atoms with Gasteiger partial charge in [-0.1, -0.05) is 0 Å². The second kappa shape index (κ2) is 5.31. The molecule has 0 aliphatic carbocycles. The molecule has 100 valence electrons. The molecule has 10 heteroatoms. The summed E-state index contributed by atoms with van der Waals surface area (Å²) >= 11 is 0.693. The first-order chi connectivity index (χ1) is 8.26. The van der Waals surface area contributed by atoms with Crippen LogP contribution in [0.2, 0.25) is 0 Å². The van der Waals surface area contributed by atoms with Crippen molar-refractivity contribution in [1.82, 2.24) is 4.37 Å². The fraction of sp³-hybridized carbons (Fsp3) is 0.375. The molecule has 18 heavy (non-hydrogen) atoms. The smallest absolute Gasteiger partial charge is 0.340 e. The van der Waals surface area contributed by atoms with Crippen molar-refractivity contribution in [2.75, 3.05) is 17.6 Å². The summed E-state index contributed by atoms with van der Waals surface area (Å²) in [5.41, 5.74) is -0.0308. The average Bonchev–Trinajstić information content (AvgIpc) is 2.57. The van der Waals surface area contributed by atoms with Crippen molar-refractivity contribution in [2.24, 2.45) is 0 Å². The van der Waals surface area contributed by atoms with Crippen LogP contribution in [0.15, 0.2) is 0 Å². The number of rotatable bonds is 5. The minimum absolute atomic E-state index is 0.135. The van der Waals surface area contributed by atoms with Crippen LogP contribution in [-0.2, 0) is 19.6 Å². The fourth-order valence-corrected chi connectivity index (χ4v) is 3.14. The molecule has 0 spiro atoms. The highest BCUT2D eigenvalue weighted by molar-refractivity contribution is 7.93. The van der Waals surface area contributed by atoms with E-state index in [4.69, 9.17) is 5.11 Å². The van der Waals surface area contributed by atoms with E-state index in [9.17, 15) is 18.0 Å². The predicted octanol–water partition coefficient (Wildman–Crippen LogP) is 0.0644. The van der Waals surface area contributed by atoms with E-state index >= 15 is 0 Å². The van der Waals surface area contributed by atoms with Crippen molar-refractivity contribution in [3.05, 3.63) is 11.3 Å². The van der Waals surface area contributed by atoms with Crippen molar-refractivity contribution in [1.29, 1.82) is 0 Å². The first kappa shape index (κ1) is 14.4. The van der Waals surface area contributed by atoms with Crippen LogP contribution < -0.4 is 4.72 Å². The molecule has 0 aliphatic rings. The zero-order chi connectivity index (χ0) is 13.9. The number of methoxy groups -OCH3 is 1. The molecule has 1 heterocycles. The highest BCUT2D eigenvalue weighted by atomic mass is 32.2. The summed E-state index contributed by atoms with van der Waals surface area (Å²) in [6.45, 7) is 1.44. The molecule has 0 unspecified atom stereocenters. The second-order valence-electron chi connectivity index (χ2n) is 3.21. The Labute approximate surface area is 107 Å². The lowest BCUT2D eigenvalue weighted by molar-refractivity contribution is -0.137. The van der Waals surface area contributed by atoms with Crippen molar-refractivity contribution in [3.63, 3.8) is 0 Å². The van der Waals surface area contributed by atoms with Gasteiger partial charge in [0.15, 0.2) is 5.75 Å². The van der Waals surface area contributed by atoms with Gasteiger partial charge in [-0.25, -0.2) is 13.2 Å². The first-order valence-electron chi connectivity index (χ1n) is 4.53. The highest BCUT2D eigenvalue weighted by Crippen LogP contribution is 2.25. The number of esters is 1. The molecule has 0 fully saturated rings. The van der Waals surface area contributed by atoms with Gasteiger partial charge in [-0.15, -0.1) is 0 Å². The van der Waals surface area contributed by atoms with Crippen LogP contribution in [0.4, 0.5) is 5.00 Å². The van der Waals surface area contributed by atoms with Crippen LogP contribution in [0.1, 0.15) is 16.1 Å². The lowest BCUT2D eigenvalue weighted by Crippen LogP contribution is -2.24. The van der Waals surface area contributed by atoms with Crippen LogP contribution >= 0.6 is 11.5 Å². The zero-order valence-electron chi connectivity index (χ0n) is 9.46. The van der Waals surface area contributed by atoms with Crippen LogP contribution in [0.5, 0.6) is 0 Å². The van der Waals surface area contributed by atoms with E-state index in [2.05, 4.69) is 9.11 Å². The third-order valence-electron chi connectivity index (χ3n) is 1.86. The minimum atomic E-state index is -4.01. The fourth-order valence-electron chi connectivity index (χ4n) is 1.08. The van der Waals surface area contributed by atoms with Crippen molar-refractivity contribution in [3.8, 4) is 0 Å². The zero-order valence-corrected chi connectivity index (χ0v) is 11.1. The molecular formula is C8H10N2O6S2. The van der Waals surface area contributed by atoms with Crippen molar-refractivity contribution >= 4 is 38.5 Å². The molecule has 8 nitrogen and oxygen atoms in total. The summed E-state index contributed by atoms with van der Waals surface area (Å²) in [5, 5.41) is 8.77. The monoisotopic (exact) mass is 294 g/mol. The number of carboxylic acid groups (broad SMARTS) is 1. The number of nitrogens with one attached hydrogen (secondary N) is 1. The summed E-state index contributed by atoms with van der Waals surface area (Å²) in [7, 11) is -2.95. The van der Waals surface area contributed by atoms with Crippen LogP contribution in [-0.4, -0.2) is 42.7 Å². The van der Waals surface area contributed by atoms with E-state index in [0.717, 1.165) is 7.11 Å². The molecule has 0 saturated carbocycles. The number of aromatic carboxylic acids is 1. The lowest BCUT2D eigenvalue weighted by atomic mass is 10.2. The summed E-state index contributed by atoms with van der Waals surface area (Å²) in [6, 6.07) is 0. The van der Waals surface area contributed by atoms with E-state index in [1.54, 1.807) is 0 Å². The van der Waals surface area contributed by atoms with E-state index in [1.807, 2.05) is 4.72 Å². The van der Waals surface area contributed by atoms with E-state index in [1.165, 1.54) is 6.92 Å². The number of aryl methyl sites for hydroxylation is 1. The van der Waals surface area contributed by atoms with E-state index < -0.39 is 27.7 Å². The van der Waals surface area contributed by atoms with E-state index in [0.29, 0.717) is 11.5 Å². The maximum Gasteiger partial charge on any atom is 0.340 e. The largest absolute Gasteiger partial charge is 0.478 e. The molecule has 0 saturated heterocycles. The molecule has 0 bridgehead atoms. The standard InChI is InChI=1S/C8H10N2O6S2/c1-4-6(8(12)13)7(17-9-4)10-18(14,15)3-5(11)16-2/h10H,3H2,1-2H3,(H,12,13). The third kappa shape index (κ3) is 3.40. The van der Waals surface area contributed by atoms with Gasteiger partial charge >= 0.3 is 11.9 Å². The molecule has 0 amide bonds. The number of ether oxygens (including phenoxy) is 1. The van der Waals surface area contributed by atoms with Gasteiger partial charge in [0.1, 0.15) is 10.6 Å². The molecule has 1 aromatic rings. The number of carbonyl (C=O) groups is 2. The van der Waals surface area contributed by atoms with Crippen LogP contribution in [0, 0.1) is 6.92 Å². The normalized spacial score (nSPS) is 11.0. The molecule has 0 radical (unpaired) electrons. The number of anilines is 1. The number of nitrogens with zero attached hydrogens (tertiary/aromatic N) is 1. The van der Waals surface area contributed by atoms with Gasteiger partial charge < -0.3 is 9.84 Å². The number of carbonyl (C=O) groups excluding carboxylic acids is 1. The lowest BCUT2D eigenvalue weighted by Gasteiger charge is -2.05. The van der Waals surface area contributed by atoms with Crippen molar-refractivity contribution in [2.45, 2.75) is 6.92 Å². The van der Waals surface area contributed by atoms with Gasteiger partial charge in [-0.05, 0) is 18.5 Å². The molecule has 2 N–H and O–H groups in total. The average molecular weight is 294 g/mol.